The van der Waals surface area contributed by atoms with E-state index in [-0.39, 0.29) is 22.9 Å². The largest absolute Gasteiger partial charge is 0.502 e. The Bertz CT molecular complexity index is 661. The number of aromatic hydroxyl groups is 1. The molecule has 0 aliphatic heterocycles. The van der Waals surface area contributed by atoms with E-state index in [1.165, 1.54) is 26.6 Å². The molecule has 2 aromatic rings. The van der Waals surface area contributed by atoms with Crippen LogP contribution >= 0.6 is 0 Å². The van der Waals surface area contributed by atoms with Crippen molar-refractivity contribution in [3.63, 3.8) is 0 Å². The number of amides is 1. The normalized spacial score (nSPS) is 10.5. The number of nitrogens with one attached hydrogen (secondary N) is 1. The van der Waals surface area contributed by atoms with Gasteiger partial charge in [-0.3, -0.25) is 9.78 Å². The third-order valence-corrected chi connectivity index (χ3v) is 2.78. The van der Waals surface area contributed by atoms with Crippen LogP contribution in [0.4, 0.5) is 0 Å². The molecule has 7 heteroatoms. The van der Waals surface area contributed by atoms with Gasteiger partial charge in [-0.1, -0.05) is 6.07 Å². The summed E-state index contributed by atoms with van der Waals surface area (Å²) in [7, 11) is 2.86. The number of phenolic OH excluding ortho intramolecular Hbond substituents is 1. The molecule has 0 fully saturated rings. The Morgan fingerprint density at radius 2 is 1.95 bits per heavy atom. The second-order valence-corrected chi connectivity index (χ2v) is 4.19. The lowest BCUT2D eigenvalue weighted by Gasteiger charge is -2.09. The van der Waals surface area contributed by atoms with Gasteiger partial charge in [-0.25, -0.2) is 5.43 Å². The Kier molecular flexibility index (Phi) is 4.92. The highest BCUT2D eigenvalue weighted by atomic mass is 16.5. The molecular formula is C15H15N3O4. The quantitative estimate of drug-likeness (QED) is 0.646. The standard InChI is InChI=1S/C15H15N3O4/c1-21-12-7-10(8-13(22-2)14(12)19)9-17-18-15(20)11-5-3-4-6-16-11/h3-9,19H,1-2H3,(H,18,20). The molecule has 0 unspecified atom stereocenters. The van der Waals surface area contributed by atoms with Crippen molar-refractivity contribution in [3.8, 4) is 17.2 Å². The summed E-state index contributed by atoms with van der Waals surface area (Å²) < 4.78 is 10.1. The number of benzene rings is 1. The van der Waals surface area contributed by atoms with Crippen molar-refractivity contribution in [1.82, 2.24) is 10.4 Å². The molecule has 0 saturated carbocycles. The number of aromatic nitrogens is 1. The van der Waals surface area contributed by atoms with Crippen molar-refractivity contribution in [1.29, 1.82) is 0 Å². The van der Waals surface area contributed by atoms with Crippen LogP contribution in [0, 0.1) is 0 Å². The maximum atomic E-state index is 11.8. The second kappa shape index (κ2) is 7.07. The summed E-state index contributed by atoms with van der Waals surface area (Å²) in [6.07, 6.45) is 2.93. The van der Waals surface area contributed by atoms with E-state index in [9.17, 15) is 9.90 Å². The molecule has 0 saturated heterocycles. The van der Waals surface area contributed by atoms with Crippen molar-refractivity contribution in [2.24, 2.45) is 5.10 Å². The summed E-state index contributed by atoms with van der Waals surface area (Å²) in [5.74, 6) is -0.0251. The Morgan fingerprint density at radius 3 is 2.50 bits per heavy atom. The predicted molar refractivity (Wildman–Crippen MR) is 80.5 cm³/mol. The van der Waals surface area contributed by atoms with Crippen LogP contribution in [0.25, 0.3) is 0 Å². The number of rotatable bonds is 5. The molecule has 0 bridgehead atoms. The smallest absolute Gasteiger partial charge is 0.289 e. The fraction of sp³-hybridized carbons (Fsp3) is 0.133. The topological polar surface area (TPSA) is 93.0 Å². The van der Waals surface area contributed by atoms with Crippen molar-refractivity contribution < 1.29 is 19.4 Å². The van der Waals surface area contributed by atoms with Gasteiger partial charge in [-0.05, 0) is 24.3 Å². The molecular weight excluding hydrogens is 286 g/mol. The Labute approximate surface area is 127 Å². The van der Waals surface area contributed by atoms with Crippen molar-refractivity contribution in [2.45, 2.75) is 0 Å². The maximum absolute atomic E-state index is 11.8. The van der Waals surface area contributed by atoms with E-state index < -0.39 is 5.91 Å². The van der Waals surface area contributed by atoms with Gasteiger partial charge in [0.1, 0.15) is 5.69 Å². The van der Waals surface area contributed by atoms with E-state index in [4.69, 9.17) is 9.47 Å². The number of ether oxygens (including phenoxy) is 2. The lowest BCUT2D eigenvalue weighted by Crippen LogP contribution is -2.18. The summed E-state index contributed by atoms with van der Waals surface area (Å²) in [4.78, 5) is 15.7. The monoisotopic (exact) mass is 301 g/mol. The number of phenols is 1. The summed E-state index contributed by atoms with van der Waals surface area (Å²) in [6.45, 7) is 0. The second-order valence-electron chi connectivity index (χ2n) is 4.19. The third kappa shape index (κ3) is 3.51. The lowest BCUT2D eigenvalue weighted by atomic mass is 10.2. The molecule has 0 radical (unpaired) electrons. The summed E-state index contributed by atoms with van der Waals surface area (Å²) >= 11 is 0. The zero-order valence-corrected chi connectivity index (χ0v) is 12.1. The van der Waals surface area contributed by atoms with E-state index >= 15 is 0 Å². The molecule has 22 heavy (non-hydrogen) atoms. The minimum absolute atomic E-state index is 0.0975. The Balaban J connectivity index is 2.12. The van der Waals surface area contributed by atoms with Crippen molar-refractivity contribution >= 4 is 12.1 Å². The number of carbonyl (C=O) groups is 1. The van der Waals surface area contributed by atoms with Crippen LogP contribution in [0.3, 0.4) is 0 Å². The van der Waals surface area contributed by atoms with E-state index in [1.807, 2.05) is 0 Å². The van der Waals surface area contributed by atoms with Gasteiger partial charge in [0.15, 0.2) is 11.5 Å². The zero-order chi connectivity index (χ0) is 15.9. The first kappa shape index (κ1) is 15.3. The molecule has 1 aromatic heterocycles. The van der Waals surface area contributed by atoms with Gasteiger partial charge in [-0.2, -0.15) is 5.10 Å². The summed E-state index contributed by atoms with van der Waals surface area (Å²) in [6, 6.07) is 8.14. The minimum atomic E-state index is -0.422. The molecule has 2 N–H and O–H groups in total. The predicted octanol–water partition coefficient (Wildman–Crippen LogP) is 1.57. The van der Waals surface area contributed by atoms with Crippen LogP contribution in [0.2, 0.25) is 0 Å². The van der Waals surface area contributed by atoms with Crippen molar-refractivity contribution in [2.75, 3.05) is 14.2 Å². The molecule has 114 valence electrons. The third-order valence-electron chi connectivity index (χ3n) is 2.78. The minimum Gasteiger partial charge on any atom is -0.502 e. The van der Waals surface area contributed by atoms with Crippen LogP contribution in [0.15, 0.2) is 41.6 Å². The van der Waals surface area contributed by atoms with E-state index in [0.29, 0.717) is 5.56 Å². The van der Waals surface area contributed by atoms with Crippen LogP contribution in [0.5, 0.6) is 17.2 Å². The molecule has 1 amide bonds. The van der Waals surface area contributed by atoms with Crippen LogP contribution < -0.4 is 14.9 Å². The number of hydrazone groups is 1. The highest BCUT2D eigenvalue weighted by Crippen LogP contribution is 2.36. The first-order valence-electron chi connectivity index (χ1n) is 6.35. The average Bonchev–Trinajstić information content (AvgIpc) is 2.56. The van der Waals surface area contributed by atoms with Crippen molar-refractivity contribution in [3.05, 3.63) is 47.8 Å². The lowest BCUT2D eigenvalue weighted by molar-refractivity contribution is 0.0950. The van der Waals surface area contributed by atoms with Crippen LogP contribution in [-0.2, 0) is 0 Å². The average molecular weight is 301 g/mol. The molecule has 1 aromatic carbocycles. The molecule has 1 heterocycles. The fourth-order valence-corrected chi connectivity index (χ4v) is 1.71. The number of pyridine rings is 1. The van der Waals surface area contributed by atoms with Gasteiger partial charge < -0.3 is 14.6 Å². The molecule has 0 atom stereocenters. The summed E-state index contributed by atoms with van der Waals surface area (Å²) in [5.41, 5.74) is 3.22. The van der Waals surface area contributed by atoms with Crippen LogP contribution in [0.1, 0.15) is 16.1 Å². The zero-order valence-electron chi connectivity index (χ0n) is 12.1. The summed E-state index contributed by atoms with van der Waals surface area (Å²) in [5, 5.41) is 13.6. The fourth-order valence-electron chi connectivity index (χ4n) is 1.71. The first-order valence-corrected chi connectivity index (χ1v) is 6.35. The maximum Gasteiger partial charge on any atom is 0.289 e. The van der Waals surface area contributed by atoms with Gasteiger partial charge in [0.25, 0.3) is 5.91 Å². The highest BCUT2D eigenvalue weighted by molar-refractivity contribution is 5.93. The molecule has 0 spiro atoms. The molecule has 0 aliphatic carbocycles. The van der Waals surface area contributed by atoms with E-state index in [1.54, 1.807) is 30.3 Å². The molecule has 7 nitrogen and oxygen atoms in total. The van der Waals surface area contributed by atoms with Gasteiger partial charge in [0, 0.05) is 11.8 Å². The number of methoxy groups -OCH3 is 2. The number of nitrogens with zero attached hydrogens (tertiary/aromatic N) is 2. The van der Waals surface area contributed by atoms with E-state index in [0.717, 1.165) is 0 Å². The van der Waals surface area contributed by atoms with Gasteiger partial charge in [0.2, 0.25) is 5.75 Å². The first-order chi connectivity index (χ1) is 10.7. The molecule has 2 rings (SSSR count). The highest BCUT2D eigenvalue weighted by Gasteiger charge is 2.10. The molecule has 0 aliphatic rings. The van der Waals surface area contributed by atoms with Crippen LogP contribution in [-0.4, -0.2) is 36.4 Å². The van der Waals surface area contributed by atoms with Gasteiger partial charge in [-0.15, -0.1) is 0 Å². The SMILES string of the molecule is COc1cc(C=NNC(=O)c2ccccn2)cc(OC)c1O. The number of hydrogen-bond donors (Lipinski definition) is 2. The Hall–Kier alpha value is -3.09. The number of hydrogen-bond acceptors (Lipinski definition) is 6. The number of carbonyl (C=O) groups excluding carboxylic acids is 1. The van der Waals surface area contributed by atoms with Gasteiger partial charge in [0.05, 0.1) is 20.4 Å². The Morgan fingerprint density at radius 1 is 1.27 bits per heavy atom. The van der Waals surface area contributed by atoms with Gasteiger partial charge >= 0.3 is 0 Å². The van der Waals surface area contributed by atoms with E-state index in [2.05, 4.69) is 15.5 Å².